The van der Waals surface area contributed by atoms with E-state index in [1.54, 1.807) is 13.0 Å². The fraction of sp³-hybridized carbons (Fsp3) is 0.579. The maximum atomic E-state index is 13.9. The fourth-order valence-corrected chi connectivity index (χ4v) is 2.39. The van der Waals surface area contributed by atoms with Crippen molar-refractivity contribution in [2.45, 2.75) is 33.1 Å². The molecule has 1 rings (SSSR count). The van der Waals surface area contributed by atoms with E-state index in [4.69, 9.17) is 9.47 Å². The zero-order valence-electron chi connectivity index (χ0n) is 15.3. The summed E-state index contributed by atoms with van der Waals surface area (Å²) in [5.41, 5.74) is 0.00599. The summed E-state index contributed by atoms with van der Waals surface area (Å²) in [6.07, 6.45) is 2.68. The molecule has 1 aromatic rings. The Labute approximate surface area is 149 Å². The van der Waals surface area contributed by atoms with E-state index in [0.29, 0.717) is 26.2 Å². The molecule has 0 N–H and O–H groups in total. The van der Waals surface area contributed by atoms with E-state index in [1.807, 2.05) is 0 Å². The van der Waals surface area contributed by atoms with Crippen LogP contribution < -0.4 is 0 Å². The molecule has 0 bridgehead atoms. The summed E-state index contributed by atoms with van der Waals surface area (Å²) >= 11 is 0. The van der Waals surface area contributed by atoms with E-state index in [0.717, 1.165) is 12.8 Å². The van der Waals surface area contributed by atoms with E-state index in [2.05, 4.69) is 6.92 Å². The molecule has 0 radical (unpaired) electrons. The third kappa shape index (κ3) is 7.22. The molecule has 1 unspecified atom stereocenters. The summed E-state index contributed by atoms with van der Waals surface area (Å²) < 4.78 is 24.1. The molecule has 0 saturated heterocycles. The number of benzene rings is 1. The Morgan fingerprint density at radius 2 is 1.88 bits per heavy atom. The highest BCUT2D eigenvalue weighted by atomic mass is 19.1. The molecule has 1 atom stereocenters. The lowest BCUT2D eigenvalue weighted by atomic mass is 10.1. The first-order valence-corrected chi connectivity index (χ1v) is 8.70. The van der Waals surface area contributed by atoms with Crippen molar-refractivity contribution in [1.29, 1.82) is 0 Å². The first kappa shape index (κ1) is 21.1. The molecule has 0 aliphatic carbocycles. The van der Waals surface area contributed by atoms with Gasteiger partial charge in [-0.3, -0.25) is 9.59 Å². The number of nitrogens with zero attached hydrogens (tertiary/aromatic N) is 1. The predicted molar refractivity (Wildman–Crippen MR) is 93.8 cm³/mol. The third-order valence-electron chi connectivity index (χ3n) is 3.85. The number of hydrogen-bond acceptors (Lipinski definition) is 4. The number of amides is 1. The van der Waals surface area contributed by atoms with Gasteiger partial charge in [0.05, 0.1) is 18.6 Å². The van der Waals surface area contributed by atoms with Crippen LogP contribution in [0.15, 0.2) is 24.3 Å². The smallest absolute Gasteiger partial charge is 0.310 e. The molecule has 0 aromatic heterocycles. The maximum Gasteiger partial charge on any atom is 0.310 e. The summed E-state index contributed by atoms with van der Waals surface area (Å²) in [7, 11) is 1.31. The second-order valence-electron chi connectivity index (χ2n) is 5.97. The second-order valence-corrected chi connectivity index (χ2v) is 5.97. The summed E-state index contributed by atoms with van der Waals surface area (Å²) in [5, 5.41) is 0. The SMILES string of the molecule is CCCCOCCCN(CC(C)C(=O)OC)C(=O)c1ccccc1F. The maximum absolute atomic E-state index is 13.9. The zero-order chi connectivity index (χ0) is 18.7. The van der Waals surface area contributed by atoms with Gasteiger partial charge in [-0.1, -0.05) is 32.4 Å². The van der Waals surface area contributed by atoms with Gasteiger partial charge in [-0.15, -0.1) is 0 Å². The predicted octanol–water partition coefficient (Wildman–Crippen LogP) is 3.28. The number of halogens is 1. The Morgan fingerprint density at radius 3 is 2.52 bits per heavy atom. The molecule has 0 fully saturated rings. The van der Waals surface area contributed by atoms with Crippen LogP contribution in [0.2, 0.25) is 0 Å². The molecule has 0 saturated carbocycles. The topological polar surface area (TPSA) is 55.8 Å². The van der Waals surface area contributed by atoms with Gasteiger partial charge in [0.1, 0.15) is 5.82 Å². The van der Waals surface area contributed by atoms with Crippen LogP contribution in [0.1, 0.15) is 43.5 Å². The molecule has 0 heterocycles. The third-order valence-corrected chi connectivity index (χ3v) is 3.85. The first-order chi connectivity index (χ1) is 12.0. The molecule has 1 amide bonds. The monoisotopic (exact) mass is 353 g/mol. The summed E-state index contributed by atoms with van der Waals surface area (Å²) in [6, 6.07) is 5.86. The van der Waals surface area contributed by atoms with Gasteiger partial charge in [-0.05, 0) is 25.0 Å². The van der Waals surface area contributed by atoms with Crippen molar-refractivity contribution in [3.05, 3.63) is 35.6 Å². The number of unbranched alkanes of at least 4 members (excludes halogenated alkanes) is 1. The Morgan fingerprint density at radius 1 is 1.20 bits per heavy atom. The average molecular weight is 353 g/mol. The molecule has 6 heteroatoms. The molecule has 0 aliphatic heterocycles. The van der Waals surface area contributed by atoms with Gasteiger partial charge in [-0.25, -0.2) is 4.39 Å². The van der Waals surface area contributed by atoms with E-state index in [-0.39, 0.29) is 12.1 Å². The molecular formula is C19H28FNO4. The minimum atomic E-state index is -0.567. The van der Waals surface area contributed by atoms with Crippen molar-refractivity contribution in [2.75, 3.05) is 33.4 Å². The van der Waals surface area contributed by atoms with Crippen molar-refractivity contribution in [1.82, 2.24) is 4.90 Å². The standard InChI is InChI=1S/C19H28FNO4/c1-4-5-12-25-13-8-11-21(14-15(2)19(23)24-3)18(22)16-9-6-7-10-17(16)20/h6-7,9-10,15H,4-5,8,11-14H2,1-3H3. The van der Waals surface area contributed by atoms with Crippen LogP contribution in [0.25, 0.3) is 0 Å². The Kier molecular flexibility index (Phi) is 9.77. The number of carbonyl (C=O) groups is 2. The van der Waals surface area contributed by atoms with Gasteiger partial charge in [0.25, 0.3) is 5.91 Å². The largest absolute Gasteiger partial charge is 0.469 e. The van der Waals surface area contributed by atoms with Crippen molar-refractivity contribution < 1.29 is 23.5 Å². The zero-order valence-corrected chi connectivity index (χ0v) is 15.3. The van der Waals surface area contributed by atoms with E-state index < -0.39 is 23.6 Å². The molecule has 1 aromatic carbocycles. The number of methoxy groups -OCH3 is 1. The molecule has 25 heavy (non-hydrogen) atoms. The van der Waals surface area contributed by atoms with Crippen LogP contribution in [0.5, 0.6) is 0 Å². The fourth-order valence-electron chi connectivity index (χ4n) is 2.39. The molecular weight excluding hydrogens is 325 g/mol. The molecule has 0 aliphatic rings. The minimum Gasteiger partial charge on any atom is -0.469 e. The second kappa shape index (κ2) is 11.6. The first-order valence-electron chi connectivity index (χ1n) is 8.70. The number of rotatable bonds is 11. The highest BCUT2D eigenvalue weighted by molar-refractivity contribution is 5.94. The van der Waals surface area contributed by atoms with Crippen molar-refractivity contribution in [2.24, 2.45) is 5.92 Å². The van der Waals surface area contributed by atoms with Crippen LogP contribution in [0.3, 0.4) is 0 Å². The lowest BCUT2D eigenvalue weighted by Crippen LogP contribution is -2.38. The highest BCUT2D eigenvalue weighted by Gasteiger charge is 2.23. The average Bonchev–Trinajstić information content (AvgIpc) is 2.62. The van der Waals surface area contributed by atoms with Gasteiger partial charge >= 0.3 is 5.97 Å². The summed E-state index contributed by atoms with van der Waals surface area (Å²) in [6.45, 7) is 5.55. The van der Waals surface area contributed by atoms with E-state index in [9.17, 15) is 14.0 Å². The molecule has 5 nitrogen and oxygen atoms in total. The van der Waals surface area contributed by atoms with Crippen molar-refractivity contribution in [3.63, 3.8) is 0 Å². The quantitative estimate of drug-likeness (QED) is 0.452. The minimum absolute atomic E-state index is 0.00599. The van der Waals surface area contributed by atoms with Gasteiger partial charge in [0.15, 0.2) is 0 Å². The van der Waals surface area contributed by atoms with Crippen LogP contribution in [0.4, 0.5) is 4.39 Å². The summed E-state index contributed by atoms with van der Waals surface area (Å²) in [5.74, 6) is -1.88. The van der Waals surface area contributed by atoms with Crippen LogP contribution in [-0.4, -0.2) is 50.2 Å². The number of ether oxygens (including phenoxy) is 2. The van der Waals surface area contributed by atoms with Gasteiger partial charge < -0.3 is 14.4 Å². The lowest BCUT2D eigenvalue weighted by molar-refractivity contribution is -0.145. The van der Waals surface area contributed by atoms with Gasteiger partial charge in [0.2, 0.25) is 0 Å². The Hall–Kier alpha value is -1.95. The van der Waals surface area contributed by atoms with Gasteiger partial charge in [0, 0.05) is 26.3 Å². The number of esters is 1. The normalized spacial score (nSPS) is 11.8. The van der Waals surface area contributed by atoms with Crippen molar-refractivity contribution in [3.8, 4) is 0 Å². The summed E-state index contributed by atoms with van der Waals surface area (Å²) in [4.78, 5) is 25.8. The number of carbonyl (C=O) groups excluding carboxylic acids is 2. The van der Waals surface area contributed by atoms with E-state index in [1.165, 1.54) is 30.2 Å². The van der Waals surface area contributed by atoms with Crippen LogP contribution >= 0.6 is 0 Å². The Balaban J connectivity index is 2.71. The van der Waals surface area contributed by atoms with Crippen LogP contribution in [-0.2, 0) is 14.3 Å². The van der Waals surface area contributed by atoms with E-state index >= 15 is 0 Å². The van der Waals surface area contributed by atoms with Crippen LogP contribution in [0, 0.1) is 11.7 Å². The number of hydrogen-bond donors (Lipinski definition) is 0. The molecule has 140 valence electrons. The lowest BCUT2D eigenvalue weighted by Gasteiger charge is -2.25. The highest BCUT2D eigenvalue weighted by Crippen LogP contribution is 2.13. The Bertz CT molecular complexity index is 550. The molecule has 0 spiro atoms. The van der Waals surface area contributed by atoms with Crippen molar-refractivity contribution >= 4 is 11.9 Å². The van der Waals surface area contributed by atoms with Gasteiger partial charge in [-0.2, -0.15) is 0 Å².